The van der Waals surface area contributed by atoms with E-state index >= 15 is 0 Å². The Labute approximate surface area is 124 Å². The van der Waals surface area contributed by atoms with Gasteiger partial charge < -0.3 is 4.74 Å². The molecule has 2 aromatic carbocycles. The van der Waals surface area contributed by atoms with Crippen molar-refractivity contribution in [3.05, 3.63) is 71.8 Å². The highest BCUT2D eigenvalue weighted by molar-refractivity contribution is 5.96. The first-order valence-corrected chi connectivity index (χ1v) is 6.94. The molecule has 0 bridgehead atoms. The number of Topliss-reactive ketones (excluding diaryl/α,β-unsaturated/α-hetero) is 1. The van der Waals surface area contributed by atoms with Crippen LogP contribution in [-0.2, 0) is 16.0 Å². The number of ketones is 1. The van der Waals surface area contributed by atoms with Crippen molar-refractivity contribution in [3.8, 4) is 0 Å². The number of benzene rings is 2. The first-order valence-electron chi connectivity index (χ1n) is 6.94. The molecule has 0 saturated carbocycles. The van der Waals surface area contributed by atoms with Crippen LogP contribution >= 0.6 is 0 Å². The zero-order valence-corrected chi connectivity index (χ0v) is 12.0. The van der Waals surface area contributed by atoms with Gasteiger partial charge in [0.2, 0.25) is 0 Å². The maximum Gasteiger partial charge on any atom is 0.302 e. The second-order valence-corrected chi connectivity index (χ2v) is 4.91. The molecule has 0 aliphatic rings. The average Bonchev–Trinajstić information content (AvgIpc) is 2.48. The third-order valence-electron chi connectivity index (χ3n) is 3.15. The number of rotatable bonds is 6. The first-order chi connectivity index (χ1) is 10.1. The van der Waals surface area contributed by atoms with E-state index in [1.165, 1.54) is 6.92 Å². The van der Waals surface area contributed by atoms with Gasteiger partial charge in [-0.2, -0.15) is 0 Å². The topological polar surface area (TPSA) is 43.4 Å². The standard InChI is InChI=1S/C18H18O3/c1-14(19)21-17(12-15-8-4-2-5-9-15)13-18(20)16-10-6-3-7-11-16/h2-11,17H,12-13H2,1H3. The fourth-order valence-electron chi connectivity index (χ4n) is 2.22. The molecule has 3 heteroatoms. The molecule has 0 fully saturated rings. The van der Waals surface area contributed by atoms with Crippen molar-refractivity contribution < 1.29 is 14.3 Å². The molecule has 0 aliphatic heterocycles. The van der Waals surface area contributed by atoms with E-state index in [2.05, 4.69) is 0 Å². The summed E-state index contributed by atoms with van der Waals surface area (Å²) in [5.74, 6) is -0.380. The normalized spacial score (nSPS) is 11.7. The van der Waals surface area contributed by atoms with Crippen LogP contribution in [0.25, 0.3) is 0 Å². The van der Waals surface area contributed by atoms with Crippen LogP contribution in [-0.4, -0.2) is 17.9 Å². The number of hydrogen-bond acceptors (Lipinski definition) is 3. The smallest absolute Gasteiger partial charge is 0.302 e. The molecular weight excluding hydrogens is 264 g/mol. The van der Waals surface area contributed by atoms with Crippen molar-refractivity contribution in [2.75, 3.05) is 0 Å². The summed E-state index contributed by atoms with van der Waals surface area (Å²) in [6.45, 7) is 1.37. The van der Waals surface area contributed by atoms with Gasteiger partial charge in [0, 0.05) is 25.3 Å². The van der Waals surface area contributed by atoms with Crippen LogP contribution < -0.4 is 0 Å². The molecule has 1 unspecified atom stereocenters. The molecule has 1 atom stereocenters. The van der Waals surface area contributed by atoms with Gasteiger partial charge in [0.15, 0.2) is 5.78 Å². The lowest BCUT2D eigenvalue weighted by molar-refractivity contribution is -0.146. The van der Waals surface area contributed by atoms with Crippen LogP contribution in [0.5, 0.6) is 0 Å². The van der Waals surface area contributed by atoms with Gasteiger partial charge in [-0.15, -0.1) is 0 Å². The summed E-state index contributed by atoms with van der Waals surface area (Å²) in [5.41, 5.74) is 1.69. The molecular formula is C18H18O3. The quantitative estimate of drug-likeness (QED) is 0.602. The van der Waals surface area contributed by atoms with E-state index in [-0.39, 0.29) is 18.2 Å². The molecule has 0 aromatic heterocycles. The highest BCUT2D eigenvalue weighted by atomic mass is 16.5. The van der Waals surface area contributed by atoms with Gasteiger partial charge in [-0.05, 0) is 5.56 Å². The molecule has 0 aliphatic carbocycles. The average molecular weight is 282 g/mol. The molecule has 108 valence electrons. The number of carbonyl (C=O) groups is 2. The molecule has 2 aromatic rings. The molecule has 0 N–H and O–H groups in total. The van der Waals surface area contributed by atoms with E-state index in [1.54, 1.807) is 12.1 Å². The van der Waals surface area contributed by atoms with Gasteiger partial charge in [-0.25, -0.2) is 0 Å². The first kappa shape index (κ1) is 15.0. The van der Waals surface area contributed by atoms with Crippen LogP contribution in [0.2, 0.25) is 0 Å². The van der Waals surface area contributed by atoms with Crippen molar-refractivity contribution in [1.82, 2.24) is 0 Å². The molecule has 0 radical (unpaired) electrons. The summed E-state index contributed by atoms with van der Waals surface area (Å²) < 4.78 is 5.29. The molecule has 0 heterocycles. The Morgan fingerprint density at radius 3 is 2.10 bits per heavy atom. The molecule has 0 saturated heterocycles. The van der Waals surface area contributed by atoms with Gasteiger partial charge in [-0.3, -0.25) is 9.59 Å². The van der Waals surface area contributed by atoms with Gasteiger partial charge in [0.1, 0.15) is 6.10 Å². The van der Waals surface area contributed by atoms with Crippen molar-refractivity contribution in [2.24, 2.45) is 0 Å². The van der Waals surface area contributed by atoms with Crippen LogP contribution in [0.15, 0.2) is 60.7 Å². The minimum Gasteiger partial charge on any atom is -0.462 e. The zero-order valence-electron chi connectivity index (χ0n) is 12.0. The maximum atomic E-state index is 12.2. The van der Waals surface area contributed by atoms with E-state index < -0.39 is 6.10 Å². The van der Waals surface area contributed by atoms with Crippen LogP contribution in [0.3, 0.4) is 0 Å². The summed E-state index contributed by atoms with van der Waals surface area (Å²) in [4.78, 5) is 23.5. The zero-order chi connectivity index (χ0) is 15.1. The van der Waals surface area contributed by atoms with Crippen molar-refractivity contribution >= 4 is 11.8 Å². The van der Waals surface area contributed by atoms with Crippen molar-refractivity contribution in [2.45, 2.75) is 25.9 Å². The van der Waals surface area contributed by atoms with E-state index in [4.69, 9.17) is 4.74 Å². The number of esters is 1. The second-order valence-electron chi connectivity index (χ2n) is 4.91. The van der Waals surface area contributed by atoms with Gasteiger partial charge >= 0.3 is 5.97 Å². The predicted molar refractivity (Wildman–Crippen MR) is 81.1 cm³/mol. The van der Waals surface area contributed by atoms with Gasteiger partial charge in [0.05, 0.1) is 0 Å². The van der Waals surface area contributed by atoms with E-state index in [9.17, 15) is 9.59 Å². The molecule has 21 heavy (non-hydrogen) atoms. The summed E-state index contributed by atoms with van der Waals surface area (Å²) in [5, 5.41) is 0. The van der Waals surface area contributed by atoms with Crippen molar-refractivity contribution in [1.29, 1.82) is 0 Å². The Morgan fingerprint density at radius 1 is 0.952 bits per heavy atom. The van der Waals surface area contributed by atoms with Gasteiger partial charge in [-0.1, -0.05) is 60.7 Å². The lowest BCUT2D eigenvalue weighted by atomic mass is 10.00. The molecule has 0 amide bonds. The van der Waals surface area contributed by atoms with Crippen LogP contribution in [0.4, 0.5) is 0 Å². The SMILES string of the molecule is CC(=O)OC(CC(=O)c1ccccc1)Cc1ccccc1. The predicted octanol–water partition coefficient (Wildman–Crippen LogP) is 3.43. The molecule has 0 spiro atoms. The second kappa shape index (κ2) is 7.39. The fraction of sp³-hybridized carbons (Fsp3) is 0.222. The van der Waals surface area contributed by atoms with E-state index in [0.29, 0.717) is 12.0 Å². The minimum absolute atomic E-state index is 0.0159. The largest absolute Gasteiger partial charge is 0.462 e. The maximum absolute atomic E-state index is 12.2. The fourth-order valence-corrected chi connectivity index (χ4v) is 2.22. The summed E-state index contributed by atoms with van der Waals surface area (Å²) >= 11 is 0. The monoisotopic (exact) mass is 282 g/mol. The van der Waals surface area contributed by atoms with Crippen LogP contribution in [0.1, 0.15) is 29.3 Å². The van der Waals surface area contributed by atoms with Gasteiger partial charge in [0.25, 0.3) is 0 Å². The Bertz CT molecular complexity index is 590. The van der Waals surface area contributed by atoms with Crippen LogP contribution in [0, 0.1) is 0 Å². The Kier molecular flexibility index (Phi) is 5.27. The summed E-state index contributed by atoms with van der Waals surface area (Å²) in [6, 6.07) is 18.8. The lowest BCUT2D eigenvalue weighted by Crippen LogP contribution is -2.23. The number of ether oxygens (including phenoxy) is 1. The third kappa shape index (κ3) is 4.88. The van der Waals surface area contributed by atoms with Crippen molar-refractivity contribution in [3.63, 3.8) is 0 Å². The molecule has 2 rings (SSSR count). The number of carbonyl (C=O) groups excluding carboxylic acids is 2. The third-order valence-corrected chi connectivity index (χ3v) is 3.15. The lowest BCUT2D eigenvalue weighted by Gasteiger charge is -2.16. The minimum atomic E-state index is -0.433. The Morgan fingerprint density at radius 2 is 1.52 bits per heavy atom. The summed E-state index contributed by atoms with van der Waals surface area (Å²) in [6.07, 6.45) is 0.301. The Balaban J connectivity index is 2.06. The highest BCUT2D eigenvalue weighted by Crippen LogP contribution is 2.13. The molecule has 3 nitrogen and oxygen atoms in total. The number of hydrogen-bond donors (Lipinski definition) is 0. The van der Waals surface area contributed by atoms with E-state index in [1.807, 2.05) is 48.5 Å². The summed E-state index contributed by atoms with van der Waals surface area (Å²) in [7, 11) is 0. The van der Waals surface area contributed by atoms with E-state index in [0.717, 1.165) is 5.56 Å². The Hall–Kier alpha value is -2.42. The highest BCUT2D eigenvalue weighted by Gasteiger charge is 2.18.